The number of rotatable bonds is 10. The van der Waals surface area contributed by atoms with Crippen molar-refractivity contribution in [1.82, 2.24) is 0 Å². The largest absolute Gasteiger partial charge is 0.348 e. The van der Waals surface area contributed by atoms with E-state index in [1.807, 2.05) is 13.0 Å². The molecule has 0 aliphatic heterocycles. The Morgan fingerprint density at radius 3 is 2.03 bits per heavy atom. The second-order valence-electron chi connectivity index (χ2n) is 10.2. The van der Waals surface area contributed by atoms with Gasteiger partial charge in [0.05, 0.1) is 0 Å². The van der Waals surface area contributed by atoms with Crippen molar-refractivity contribution in [3.05, 3.63) is 89.6 Å². The van der Waals surface area contributed by atoms with Gasteiger partial charge in [-0.15, -0.1) is 0 Å². The lowest BCUT2D eigenvalue weighted by atomic mass is 9.70. The Morgan fingerprint density at radius 2 is 1.40 bits per heavy atom. The van der Waals surface area contributed by atoms with Gasteiger partial charge in [-0.3, -0.25) is 0 Å². The molecule has 3 aromatic rings. The monoisotopic (exact) mass is 464 g/mol. The fraction of sp³-hybridized carbons (Fsp3) is 0.364. The zero-order valence-electron chi connectivity index (χ0n) is 22.1. The van der Waals surface area contributed by atoms with Gasteiger partial charge in [0.15, 0.2) is 0 Å². The normalized spacial score (nSPS) is 13.9. The number of allylic oxidation sites excluding steroid dienone is 2. The molecule has 0 bridgehead atoms. The van der Waals surface area contributed by atoms with Gasteiger partial charge in [-0.05, 0) is 84.3 Å². The summed E-state index contributed by atoms with van der Waals surface area (Å²) >= 11 is 0. The average Bonchev–Trinajstić information content (AvgIpc) is 3.15. The maximum Gasteiger partial charge on any atom is 0.0405 e. The van der Waals surface area contributed by atoms with Crippen LogP contribution in [0, 0.1) is 5.41 Å². The first-order valence-electron chi connectivity index (χ1n) is 13.2. The highest BCUT2D eigenvalue weighted by Gasteiger charge is 2.41. The van der Waals surface area contributed by atoms with Crippen molar-refractivity contribution in [3.63, 3.8) is 0 Å². The standard InChI is InChI=1S/C33H40N2/c1-6-8-20-33(21-9-7-2)31-13-11-10-12-29(31)30-19-16-27(23-32(30)33)26-14-17-28(18-15-26)35(5)25(4)22-24(3)34/h10-19,22-23,34H,6-9,20-21H2,1-5H3/b25-22-,34-24?. The fourth-order valence-electron chi connectivity index (χ4n) is 5.75. The van der Waals surface area contributed by atoms with Gasteiger partial charge >= 0.3 is 0 Å². The molecule has 0 heterocycles. The highest BCUT2D eigenvalue weighted by Crippen LogP contribution is 2.54. The molecule has 0 fully saturated rings. The molecule has 1 aliphatic rings. The van der Waals surface area contributed by atoms with Crippen LogP contribution >= 0.6 is 0 Å². The lowest BCUT2D eigenvalue weighted by Crippen LogP contribution is -2.25. The molecule has 0 radical (unpaired) electrons. The van der Waals surface area contributed by atoms with E-state index in [4.69, 9.17) is 5.41 Å². The highest BCUT2D eigenvalue weighted by molar-refractivity contribution is 5.91. The number of benzene rings is 3. The summed E-state index contributed by atoms with van der Waals surface area (Å²) in [5.41, 5.74) is 11.4. The summed E-state index contributed by atoms with van der Waals surface area (Å²) < 4.78 is 0. The number of hydrogen-bond acceptors (Lipinski definition) is 2. The lowest BCUT2D eigenvalue weighted by molar-refractivity contribution is 0.414. The molecule has 2 nitrogen and oxygen atoms in total. The molecule has 0 aromatic heterocycles. The van der Waals surface area contributed by atoms with Crippen LogP contribution in [0.2, 0.25) is 0 Å². The molecule has 0 spiro atoms. The van der Waals surface area contributed by atoms with Crippen molar-refractivity contribution in [1.29, 1.82) is 5.41 Å². The predicted molar refractivity (Wildman–Crippen MR) is 153 cm³/mol. The van der Waals surface area contributed by atoms with Crippen LogP contribution in [0.15, 0.2) is 78.5 Å². The molecular weight excluding hydrogens is 424 g/mol. The number of nitrogens with zero attached hydrogens (tertiary/aromatic N) is 1. The molecule has 0 saturated heterocycles. The summed E-state index contributed by atoms with van der Waals surface area (Å²) in [7, 11) is 2.06. The van der Waals surface area contributed by atoms with Gasteiger partial charge < -0.3 is 10.3 Å². The third-order valence-electron chi connectivity index (χ3n) is 7.72. The number of unbranched alkanes of at least 4 members (excludes halogenated alkanes) is 2. The van der Waals surface area contributed by atoms with Gasteiger partial charge in [-0.1, -0.05) is 88.1 Å². The summed E-state index contributed by atoms with van der Waals surface area (Å²) in [5.74, 6) is 0. The van der Waals surface area contributed by atoms with Crippen molar-refractivity contribution < 1.29 is 0 Å². The van der Waals surface area contributed by atoms with Crippen LogP contribution in [0.1, 0.15) is 77.3 Å². The lowest BCUT2D eigenvalue weighted by Gasteiger charge is -2.33. The molecule has 182 valence electrons. The first kappa shape index (κ1) is 25.0. The summed E-state index contributed by atoms with van der Waals surface area (Å²) in [5, 5.41) is 7.75. The first-order chi connectivity index (χ1) is 16.9. The quantitative estimate of drug-likeness (QED) is 0.297. The smallest absolute Gasteiger partial charge is 0.0405 e. The summed E-state index contributed by atoms with van der Waals surface area (Å²) in [6, 6.07) is 25.1. The Morgan fingerprint density at radius 1 is 0.800 bits per heavy atom. The number of anilines is 1. The molecule has 0 atom stereocenters. The minimum Gasteiger partial charge on any atom is -0.348 e. The Hall–Kier alpha value is -3.13. The molecule has 1 aliphatic carbocycles. The Kier molecular flexibility index (Phi) is 7.60. The van der Waals surface area contributed by atoms with E-state index >= 15 is 0 Å². The molecular formula is C33H40N2. The minimum absolute atomic E-state index is 0.126. The van der Waals surface area contributed by atoms with Crippen molar-refractivity contribution in [2.45, 2.75) is 71.6 Å². The Balaban J connectivity index is 1.75. The fourth-order valence-corrected chi connectivity index (χ4v) is 5.75. The van der Waals surface area contributed by atoms with Gasteiger partial charge in [0, 0.05) is 29.6 Å². The van der Waals surface area contributed by atoms with Gasteiger partial charge in [0.2, 0.25) is 0 Å². The molecule has 0 amide bonds. The number of fused-ring (bicyclic) bond motifs is 3. The number of hydrogen-bond donors (Lipinski definition) is 1. The van der Waals surface area contributed by atoms with E-state index in [1.54, 1.807) is 0 Å². The van der Waals surface area contributed by atoms with Crippen molar-refractivity contribution in [3.8, 4) is 22.3 Å². The molecule has 4 rings (SSSR count). The van der Waals surface area contributed by atoms with Crippen molar-refractivity contribution in [2.75, 3.05) is 11.9 Å². The van der Waals surface area contributed by atoms with Gasteiger partial charge in [-0.2, -0.15) is 0 Å². The van der Waals surface area contributed by atoms with E-state index in [1.165, 1.54) is 71.9 Å². The van der Waals surface area contributed by atoms with E-state index in [0.717, 1.165) is 11.4 Å². The van der Waals surface area contributed by atoms with Crippen LogP contribution in [-0.2, 0) is 5.41 Å². The molecule has 3 aromatic carbocycles. The van der Waals surface area contributed by atoms with Gasteiger partial charge in [-0.25, -0.2) is 0 Å². The molecule has 0 unspecified atom stereocenters. The van der Waals surface area contributed by atoms with Crippen LogP contribution in [-0.4, -0.2) is 12.8 Å². The second kappa shape index (κ2) is 10.6. The minimum atomic E-state index is 0.126. The summed E-state index contributed by atoms with van der Waals surface area (Å²) in [6.07, 6.45) is 9.31. The van der Waals surface area contributed by atoms with Crippen LogP contribution in [0.4, 0.5) is 5.69 Å². The van der Waals surface area contributed by atoms with E-state index in [0.29, 0.717) is 5.71 Å². The van der Waals surface area contributed by atoms with E-state index in [2.05, 4.69) is 99.4 Å². The maximum absolute atomic E-state index is 7.75. The molecule has 0 saturated carbocycles. The molecule has 35 heavy (non-hydrogen) atoms. The zero-order chi connectivity index (χ0) is 25.0. The van der Waals surface area contributed by atoms with Crippen LogP contribution in [0.25, 0.3) is 22.3 Å². The average molecular weight is 465 g/mol. The van der Waals surface area contributed by atoms with E-state index in [-0.39, 0.29) is 5.41 Å². The van der Waals surface area contributed by atoms with E-state index < -0.39 is 0 Å². The van der Waals surface area contributed by atoms with Gasteiger partial charge in [0.1, 0.15) is 0 Å². The maximum atomic E-state index is 7.75. The van der Waals surface area contributed by atoms with Crippen LogP contribution in [0.5, 0.6) is 0 Å². The summed E-state index contributed by atoms with van der Waals surface area (Å²) in [4.78, 5) is 2.14. The third-order valence-corrected chi connectivity index (χ3v) is 7.72. The Bertz CT molecular complexity index is 1210. The van der Waals surface area contributed by atoms with Crippen molar-refractivity contribution >= 4 is 11.4 Å². The third kappa shape index (κ3) is 4.85. The second-order valence-corrected chi connectivity index (χ2v) is 10.2. The number of nitrogens with one attached hydrogen (secondary N) is 1. The van der Waals surface area contributed by atoms with Gasteiger partial charge in [0.25, 0.3) is 0 Å². The molecule has 2 heteroatoms. The van der Waals surface area contributed by atoms with Crippen LogP contribution in [0.3, 0.4) is 0 Å². The first-order valence-corrected chi connectivity index (χ1v) is 13.2. The SMILES string of the molecule is CCCCC1(CCCC)c2ccccc2-c2ccc(-c3ccc(N(C)/C(C)=C\C(C)=N)cc3)cc21. The van der Waals surface area contributed by atoms with Crippen molar-refractivity contribution in [2.24, 2.45) is 0 Å². The highest BCUT2D eigenvalue weighted by atomic mass is 15.1. The van der Waals surface area contributed by atoms with Crippen LogP contribution < -0.4 is 4.90 Å². The summed E-state index contributed by atoms with van der Waals surface area (Å²) in [6.45, 7) is 8.49. The Labute approximate surface area is 212 Å². The topological polar surface area (TPSA) is 27.1 Å². The van der Waals surface area contributed by atoms with E-state index in [9.17, 15) is 0 Å². The predicted octanol–water partition coefficient (Wildman–Crippen LogP) is 9.38. The zero-order valence-corrected chi connectivity index (χ0v) is 22.1. The molecule has 1 N–H and O–H groups in total.